The van der Waals surface area contributed by atoms with Gasteiger partial charge in [-0.15, -0.1) is 0 Å². The van der Waals surface area contributed by atoms with E-state index in [-0.39, 0.29) is 23.8 Å². The Morgan fingerprint density at radius 1 is 1.10 bits per heavy atom. The third kappa shape index (κ3) is 4.85. The minimum atomic E-state index is -0.00828. The summed E-state index contributed by atoms with van der Waals surface area (Å²) in [7, 11) is 0. The van der Waals surface area contributed by atoms with Gasteiger partial charge in [-0.1, -0.05) is 18.2 Å². The van der Waals surface area contributed by atoms with E-state index in [2.05, 4.69) is 32.1 Å². The van der Waals surface area contributed by atoms with Gasteiger partial charge in [0.1, 0.15) is 0 Å². The van der Waals surface area contributed by atoms with Crippen LogP contribution in [0.4, 0.5) is 17.6 Å². The molecule has 30 heavy (non-hydrogen) atoms. The number of carbonyl (C=O) groups excluding carboxylic acids is 1. The molecule has 0 bridgehead atoms. The molecule has 3 N–H and O–H groups in total. The van der Waals surface area contributed by atoms with E-state index < -0.39 is 0 Å². The van der Waals surface area contributed by atoms with Crippen molar-refractivity contribution in [3.05, 3.63) is 36.2 Å². The van der Waals surface area contributed by atoms with Crippen LogP contribution in [-0.4, -0.2) is 70.1 Å². The Morgan fingerprint density at radius 2 is 1.80 bits per heavy atom. The van der Waals surface area contributed by atoms with Crippen molar-refractivity contribution in [1.29, 1.82) is 0 Å². The summed E-state index contributed by atoms with van der Waals surface area (Å²) in [5.41, 5.74) is 6.84. The summed E-state index contributed by atoms with van der Waals surface area (Å²) >= 11 is 0. The number of nitrogens with zero attached hydrogens (tertiary/aromatic N) is 5. The van der Waals surface area contributed by atoms with Gasteiger partial charge in [0.25, 0.3) is 0 Å². The molecule has 2 aliphatic heterocycles. The van der Waals surface area contributed by atoms with E-state index in [9.17, 15) is 4.79 Å². The summed E-state index contributed by atoms with van der Waals surface area (Å²) < 4.78 is 5.35. The molecule has 3 heterocycles. The lowest BCUT2D eigenvalue weighted by molar-refractivity contribution is -0.141. The van der Waals surface area contributed by atoms with Crippen molar-refractivity contribution in [3.63, 3.8) is 0 Å². The summed E-state index contributed by atoms with van der Waals surface area (Å²) in [6.45, 7) is 6.42. The Hall–Kier alpha value is -2.78. The van der Waals surface area contributed by atoms with E-state index in [1.807, 2.05) is 35.2 Å². The highest BCUT2D eigenvalue weighted by molar-refractivity contribution is 5.79. The lowest BCUT2D eigenvalue weighted by Gasteiger charge is -2.37. The monoisotopic (exact) mass is 411 g/mol. The number of hydrogen-bond acceptors (Lipinski definition) is 8. The number of nitrogens with two attached hydrogens (primary N) is 1. The number of para-hydroxylation sites is 1. The number of nitrogens with one attached hydrogen (secondary N) is 1. The van der Waals surface area contributed by atoms with E-state index in [1.165, 1.54) is 0 Å². The van der Waals surface area contributed by atoms with Crippen LogP contribution in [0.25, 0.3) is 0 Å². The van der Waals surface area contributed by atoms with E-state index in [0.29, 0.717) is 38.1 Å². The van der Waals surface area contributed by atoms with Crippen molar-refractivity contribution in [2.24, 2.45) is 5.92 Å². The summed E-state index contributed by atoms with van der Waals surface area (Å²) in [6, 6.07) is 9.72. The fourth-order valence-corrected chi connectivity index (χ4v) is 4.04. The molecule has 4 rings (SSSR count). The molecule has 9 heteroatoms. The number of amides is 1. The molecule has 0 spiro atoms. The first-order valence-electron chi connectivity index (χ1n) is 10.5. The van der Waals surface area contributed by atoms with Crippen molar-refractivity contribution < 1.29 is 9.53 Å². The Morgan fingerprint density at radius 3 is 2.50 bits per heavy atom. The number of carbonyl (C=O) groups is 1. The van der Waals surface area contributed by atoms with Crippen molar-refractivity contribution in [2.45, 2.75) is 25.8 Å². The van der Waals surface area contributed by atoms with Gasteiger partial charge in [-0.05, 0) is 45.0 Å². The molecule has 2 aliphatic rings. The van der Waals surface area contributed by atoms with Gasteiger partial charge >= 0.3 is 0 Å². The van der Waals surface area contributed by atoms with Gasteiger partial charge in [0.15, 0.2) is 5.82 Å². The van der Waals surface area contributed by atoms with E-state index in [1.54, 1.807) is 0 Å². The highest BCUT2D eigenvalue weighted by atomic mass is 16.5. The molecular weight excluding hydrogens is 382 g/mol. The van der Waals surface area contributed by atoms with Gasteiger partial charge in [0.05, 0.1) is 19.3 Å². The molecular formula is C21H29N7O2. The van der Waals surface area contributed by atoms with Gasteiger partial charge in [-0.3, -0.25) is 9.69 Å². The molecule has 0 aliphatic carbocycles. The Labute approximate surface area is 176 Å². The average Bonchev–Trinajstić information content (AvgIpc) is 2.79. The number of aromatic nitrogens is 3. The van der Waals surface area contributed by atoms with Crippen LogP contribution in [-0.2, 0) is 9.53 Å². The standard InChI is InChI=1S/C21H29N7O2/c1-15(18-24-20(22)26-21(25-18)23-17-5-3-2-4-6-17)27-9-7-16(8-10-27)19(29)28-11-13-30-14-12-28/h2-6,15-16H,7-14H2,1H3,(H3,22,23,24,25,26)/t15-/m1/s1. The third-order valence-electron chi connectivity index (χ3n) is 5.82. The zero-order chi connectivity index (χ0) is 20.9. The fraction of sp³-hybridized carbons (Fsp3) is 0.524. The van der Waals surface area contributed by atoms with Crippen LogP contribution >= 0.6 is 0 Å². The molecule has 0 radical (unpaired) electrons. The van der Waals surface area contributed by atoms with Crippen LogP contribution in [0.5, 0.6) is 0 Å². The van der Waals surface area contributed by atoms with Crippen LogP contribution in [0.15, 0.2) is 30.3 Å². The zero-order valence-electron chi connectivity index (χ0n) is 17.3. The summed E-state index contributed by atoms with van der Waals surface area (Å²) in [5, 5.41) is 3.18. The van der Waals surface area contributed by atoms with Crippen LogP contribution in [0.3, 0.4) is 0 Å². The van der Waals surface area contributed by atoms with Gasteiger partial charge in [-0.25, -0.2) is 0 Å². The maximum absolute atomic E-state index is 12.8. The minimum Gasteiger partial charge on any atom is -0.378 e. The first kappa shape index (κ1) is 20.5. The molecule has 2 saturated heterocycles. The maximum Gasteiger partial charge on any atom is 0.232 e. The quantitative estimate of drug-likeness (QED) is 0.767. The van der Waals surface area contributed by atoms with Gasteiger partial charge in [-0.2, -0.15) is 15.0 Å². The number of likely N-dealkylation sites (tertiary alicyclic amines) is 1. The summed E-state index contributed by atoms with van der Waals surface area (Å²) in [6.07, 6.45) is 1.69. The van der Waals surface area contributed by atoms with Gasteiger partial charge < -0.3 is 20.7 Å². The second-order valence-corrected chi connectivity index (χ2v) is 7.79. The largest absolute Gasteiger partial charge is 0.378 e. The molecule has 160 valence electrons. The lowest BCUT2D eigenvalue weighted by Crippen LogP contribution is -2.47. The number of piperidine rings is 1. The van der Waals surface area contributed by atoms with Crippen LogP contribution in [0, 0.1) is 5.92 Å². The molecule has 2 fully saturated rings. The van der Waals surface area contributed by atoms with Crippen molar-refractivity contribution >= 4 is 23.5 Å². The van der Waals surface area contributed by atoms with Crippen molar-refractivity contribution in [1.82, 2.24) is 24.8 Å². The highest BCUT2D eigenvalue weighted by Gasteiger charge is 2.31. The van der Waals surface area contributed by atoms with E-state index >= 15 is 0 Å². The molecule has 1 amide bonds. The van der Waals surface area contributed by atoms with Gasteiger partial charge in [0, 0.05) is 24.7 Å². The summed E-state index contributed by atoms with van der Waals surface area (Å²) in [4.78, 5) is 30.2. The first-order valence-corrected chi connectivity index (χ1v) is 10.5. The number of anilines is 3. The maximum atomic E-state index is 12.8. The van der Waals surface area contributed by atoms with Crippen LogP contribution in [0.1, 0.15) is 31.6 Å². The lowest BCUT2D eigenvalue weighted by atomic mass is 9.94. The molecule has 1 aromatic heterocycles. The van der Waals surface area contributed by atoms with Gasteiger partial charge in [0.2, 0.25) is 17.8 Å². The number of benzene rings is 1. The minimum absolute atomic E-state index is 0.00828. The SMILES string of the molecule is C[C@H](c1nc(N)nc(Nc2ccccc2)n1)N1CCC(C(=O)N2CCOCC2)CC1. The Bertz CT molecular complexity index is 850. The number of nitrogen functional groups attached to an aromatic ring is 1. The number of rotatable bonds is 5. The zero-order valence-corrected chi connectivity index (χ0v) is 17.3. The Kier molecular flexibility index (Phi) is 6.39. The average molecular weight is 412 g/mol. The topological polar surface area (TPSA) is 110 Å². The predicted octanol–water partition coefficient (Wildman–Crippen LogP) is 1.83. The molecule has 0 saturated carbocycles. The highest BCUT2D eigenvalue weighted by Crippen LogP contribution is 2.27. The Balaban J connectivity index is 1.38. The smallest absolute Gasteiger partial charge is 0.232 e. The molecule has 9 nitrogen and oxygen atoms in total. The summed E-state index contributed by atoms with van der Waals surface area (Å²) in [5.74, 6) is 1.63. The molecule has 0 unspecified atom stereocenters. The predicted molar refractivity (Wildman–Crippen MR) is 114 cm³/mol. The third-order valence-corrected chi connectivity index (χ3v) is 5.82. The number of hydrogen-bond donors (Lipinski definition) is 2. The van der Waals surface area contributed by atoms with Crippen molar-refractivity contribution in [3.8, 4) is 0 Å². The molecule has 1 aromatic carbocycles. The van der Waals surface area contributed by atoms with E-state index in [0.717, 1.165) is 31.6 Å². The molecule has 1 atom stereocenters. The normalized spacial score (nSPS) is 19.4. The van der Waals surface area contributed by atoms with Crippen LogP contribution < -0.4 is 11.1 Å². The second kappa shape index (κ2) is 9.36. The number of morpholine rings is 1. The number of ether oxygens (including phenoxy) is 1. The molecule has 2 aromatic rings. The fourth-order valence-electron chi connectivity index (χ4n) is 4.04. The second-order valence-electron chi connectivity index (χ2n) is 7.79. The van der Waals surface area contributed by atoms with Crippen molar-refractivity contribution in [2.75, 3.05) is 50.4 Å². The first-order chi connectivity index (χ1) is 14.6. The van der Waals surface area contributed by atoms with Crippen LogP contribution in [0.2, 0.25) is 0 Å². The van der Waals surface area contributed by atoms with E-state index in [4.69, 9.17) is 10.5 Å².